The second kappa shape index (κ2) is 6.71. The van der Waals surface area contributed by atoms with Crippen LogP contribution in [0.3, 0.4) is 0 Å². The molecule has 0 saturated heterocycles. The van der Waals surface area contributed by atoms with Gasteiger partial charge in [-0.1, -0.05) is 45.7 Å². The largest absolute Gasteiger partial charge is 0.330 e. The third kappa shape index (κ3) is 3.82. The van der Waals surface area contributed by atoms with Gasteiger partial charge in [0, 0.05) is 9.35 Å². The molecule has 0 radical (unpaired) electrons. The zero-order chi connectivity index (χ0) is 13.0. The summed E-state index contributed by atoms with van der Waals surface area (Å²) in [6.45, 7) is 0.691. The summed E-state index contributed by atoms with van der Waals surface area (Å²) in [6.07, 6.45) is 1.99. The second-order valence-electron chi connectivity index (χ2n) is 4.31. The monoisotopic (exact) mass is 343 g/mol. The van der Waals surface area contributed by atoms with Gasteiger partial charge in [0.15, 0.2) is 0 Å². The Labute approximate surface area is 125 Å². The highest BCUT2D eigenvalue weighted by Crippen LogP contribution is 2.26. The number of halogens is 2. The van der Waals surface area contributed by atoms with E-state index >= 15 is 0 Å². The summed E-state index contributed by atoms with van der Waals surface area (Å²) in [4.78, 5) is 1.31. The van der Waals surface area contributed by atoms with Crippen LogP contribution in [-0.2, 0) is 12.8 Å². The molecular weight excluding hydrogens is 330 g/mol. The maximum atomic E-state index is 5.95. The van der Waals surface area contributed by atoms with Crippen molar-refractivity contribution in [2.75, 3.05) is 6.54 Å². The van der Waals surface area contributed by atoms with Crippen molar-refractivity contribution in [1.82, 2.24) is 0 Å². The smallest absolute Gasteiger partial charge is 0.0931 e. The molecule has 0 spiro atoms. The molecule has 1 aromatic carbocycles. The van der Waals surface area contributed by atoms with Crippen LogP contribution >= 0.6 is 38.9 Å². The van der Waals surface area contributed by atoms with Crippen LogP contribution in [0.25, 0.3) is 0 Å². The van der Waals surface area contributed by atoms with Gasteiger partial charge in [0.05, 0.1) is 4.34 Å². The Morgan fingerprint density at radius 2 is 1.94 bits per heavy atom. The number of benzene rings is 1. The van der Waals surface area contributed by atoms with Crippen molar-refractivity contribution in [3.63, 3.8) is 0 Å². The lowest BCUT2D eigenvalue weighted by Crippen LogP contribution is -2.19. The lowest BCUT2D eigenvalue weighted by atomic mass is 9.96. The first-order valence-electron chi connectivity index (χ1n) is 5.86. The van der Waals surface area contributed by atoms with E-state index in [1.165, 1.54) is 10.4 Å². The van der Waals surface area contributed by atoms with Crippen molar-refractivity contribution < 1.29 is 0 Å². The third-order valence-electron chi connectivity index (χ3n) is 2.92. The molecule has 96 valence electrons. The van der Waals surface area contributed by atoms with Crippen LogP contribution < -0.4 is 5.73 Å². The van der Waals surface area contributed by atoms with Crippen molar-refractivity contribution in [3.8, 4) is 0 Å². The van der Waals surface area contributed by atoms with Gasteiger partial charge in [0.1, 0.15) is 0 Å². The van der Waals surface area contributed by atoms with Gasteiger partial charge in [-0.15, -0.1) is 11.3 Å². The van der Waals surface area contributed by atoms with Gasteiger partial charge in [-0.3, -0.25) is 0 Å². The summed E-state index contributed by atoms with van der Waals surface area (Å²) in [6, 6.07) is 12.4. The molecule has 0 amide bonds. The van der Waals surface area contributed by atoms with E-state index in [4.69, 9.17) is 17.3 Å². The average Bonchev–Trinajstić information content (AvgIpc) is 2.76. The fraction of sp³-hybridized carbons (Fsp3) is 0.286. The number of hydrogen-bond acceptors (Lipinski definition) is 2. The van der Waals surface area contributed by atoms with E-state index in [2.05, 4.69) is 40.2 Å². The van der Waals surface area contributed by atoms with Crippen molar-refractivity contribution >= 4 is 38.9 Å². The molecule has 0 aliphatic rings. The van der Waals surface area contributed by atoms with Crippen LogP contribution in [0.1, 0.15) is 10.4 Å². The highest BCUT2D eigenvalue weighted by atomic mass is 79.9. The Morgan fingerprint density at radius 1 is 1.17 bits per heavy atom. The van der Waals surface area contributed by atoms with E-state index in [1.807, 2.05) is 12.1 Å². The number of thiophene rings is 1. The van der Waals surface area contributed by atoms with Gasteiger partial charge in [-0.05, 0) is 49.1 Å². The fourth-order valence-electron chi connectivity index (χ4n) is 1.96. The third-order valence-corrected chi connectivity index (χ3v) is 4.95. The molecule has 4 heteroatoms. The first-order valence-corrected chi connectivity index (χ1v) is 7.85. The van der Waals surface area contributed by atoms with Crippen molar-refractivity contribution in [2.24, 2.45) is 11.7 Å². The van der Waals surface area contributed by atoms with Gasteiger partial charge < -0.3 is 5.73 Å². The highest BCUT2D eigenvalue weighted by molar-refractivity contribution is 9.10. The Morgan fingerprint density at radius 3 is 2.56 bits per heavy atom. The first-order chi connectivity index (χ1) is 8.69. The van der Waals surface area contributed by atoms with Crippen LogP contribution in [0.4, 0.5) is 0 Å². The minimum absolute atomic E-state index is 0.457. The average molecular weight is 345 g/mol. The summed E-state index contributed by atoms with van der Waals surface area (Å²) in [5, 5.41) is 0. The van der Waals surface area contributed by atoms with Crippen LogP contribution in [0.5, 0.6) is 0 Å². The molecule has 1 atom stereocenters. The van der Waals surface area contributed by atoms with E-state index in [9.17, 15) is 0 Å². The molecule has 2 aromatic rings. The lowest BCUT2D eigenvalue weighted by Gasteiger charge is -2.14. The summed E-state index contributed by atoms with van der Waals surface area (Å²) >= 11 is 11.2. The summed E-state index contributed by atoms with van der Waals surface area (Å²) in [7, 11) is 0. The molecule has 2 N–H and O–H groups in total. The molecular formula is C14H15BrClNS. The predicted molar refractivity (Wildman–Crippen MR) is 83.4 cm³/mol. The van der Waals surface area contributed by atoms with E-state index in [1.54, 1.807) is 11.3 Å². The topological polar surface area (TPSA) is 26.0 Å². The van der Waals surface area contributed by atoms with E-state index in [0.717, 1.165) is 21.7 Å². The number of hydrogen-bond donors (Lipinski definition) is 1. The standard InChI is InChI=1S/C14H15BrClNS/c15-13-4-2-1-3-11(13)7-10(9-17)8-12-5-6-14(16)18-12/h1-6,10H,7-9,17H2. The van der Waals surface area contributed by atoms with E-state index in [0.29, 0.717) is 12.5 Å². The first kappa shape index (κ1) is 14.1. The summed E-state index contributed by atoms with van der Waals surface area (Å²) in [5.74, 6) is 0.457. The zero-order valence-electron chi connectivity index (χ0n) is 9.90. The molecule has 0 saturated carbocycles. The van der Waals surface area contributed by atoms with Crippen molar-refractivity contribution in [1.29, 1.82) is 0 Å². The lowest BCUT2D eigenvalue weighted by molar-refractivity contribution is 0.536. The highest BCUT2D eigenvalue weighted by Gasteiger charge is 2.12. The molecule has 1 heterocycles. The molecule has 0 aliphatic heterocycles. The molecule has 0 aliphatic carbocycles. The van der Waals surface area contributed by atoms with Crippen LogP contribution in [0.15, 0.2) is 40.9 Å². The van der Waals surface area contributed by atoms with Gasteiger partial charge >= 0.3 is 0 Å². The fourth-order valence-corrected chi connectivity index (χ4v) is 3.61. The predicted octanol–water partition coefficient (Wildman–Crippen LogP) is 4.52. The second-order valence-corrected chi connectivity index (χ2v) is 6.96. The Bertz CT molecular complexity index is 512. The van der Waals surface area contributed by atoms with Gasteiger partial charge in [0.25, 0.3) is 0 Å². The van der Waals surface area contributed by atoms with E-state index < -0.39 is 0 Å². The molecule has 1 nitrogen and oxygen atoms in total. The molecule has 1 aromatic heterocycles. The Hall–Kier alpha value is -0.350. The van der Waals surface area contributed by atoms with Crippen LogP contribution in [0.2, 0.25) is 4.34 Å². The van der Waals surface area contributed by atoms with Gasteiger partial charge in [0.2, 0.25) is 0 Å². The number of nitrogens with two attached hydrogens (primary N) is 1. The summed E-state index contributed by atoms with van der Waals surface area (Å²) < 4.78 is 2.01. The van der Waals surface area contributed by atoms with Gasteiger partial charge in [-0.2, -0.15) is 0 Å². The van der Waals surface area contributed by atoms with Crippen LogP contribution in [0, 0.1) is 5.92 Å². The number of rotatable bonds is 5. The zero-order valence-corrected chi connectivity index (χ0v) is 13.1. The molecule has 2 rings (SSSR count). The van der Waals surface area contributed by atoms with E-state index in [-0.39, 0.29) is 0 Å². The van der Waals surface area contributed by atoms with Crippen LogP contribution in [-0.4, -0.2) is 6.54 Å². The summed E-state index contributed by atoms with van der Waals surface area (Å²) in [5.41, 5.74) is 7.20. The molecule has 0 bridgehead atoms. The minimum atomic E-state index is 0.457. The minimum Gasteiger partial charge on any atom is -0.330 e. The Balaban J connectivity index is 2.04. The maximum absolute atomic E-state index is 5.95. The van der Waals surface area contributed by atoms with Crippen molar-refractivity contribution in [2.45, 2.75) is 12.8 Å². The SMILES string of the molecule is NCC(Cc1ccc(Cl)s1)Cc1ccccc1Br. The quantitative estimate of drug-likeness (QED) is 0.847. The molecule has 1 unspecified atom stereocenters. The maximum Gasteiger partial charge on any atom is 0.0931 e. The molecule has 18 heavy (non-hydrogen) atoms. The normalized spacial score (nSPS) is 12.6. The van der Waals surface area contributed by atoms with Crippen molar-refractivity contribution in [3.05, 3.63) is 55.6 Å². The van der Waals surface area contributed by atoms with Gasteiger partial charge in [-0.25, -0.2) is 0 Å². The molecule has 0 fully saturated rings. The Kier molecular flexibility index (Phi) is 5.25.